The number of para-hydroxylation sites is 1. The van der Waals surface area contributed by atoms with Gasteiger partial charge in [0.05, 0.1) is 11.0 Å². The van der Waals surface area contributed by atoms with Crippen molar-refractivity contribution in [3.8, 4) is 5.75 Å². The molecule has 0 unspecified atom stereocenters. The first-order valence-corrected chi connectivity index (χ1v) is 6.67. The Hall–Kier alpha value is -2.82. The first-order valence-electron chi connectivity index (χ1n) is 6.67. The predicted molar refractivity (Wildman–Crippen MR) is 80.1 cm³/mol. The summed E-state index contributed by atoms with van der Waals surface area (Å²) in [7, 11) is 0. The van der Waals surface area contributed by atoms with Gasteiger partial charge in [-0.05, 0) is 36.8 Å². The van der Waals surface area contributed by atoms with Crippen molar-refractivity contribution >= 4 is 17.1 Å². The molecule has 3 aromatic rings. The molecule has 1 amide bonds. The number of benzene rings is 2. The number of nitrogens with one attached hydrogen (secondary N) is 2. The average Bonchev–Trinajstić information content (AvgIpc) is 2.85. The van der Waals surface area contributed by atoms with Crippen LogP contribution in [0.5, 0.6) is 5.75 Å². The Morgan fingerprint density at radius 1 is 1.24 bits per heavy atom. The zero-order chi connectivity index (χ0) is 14.7. The Kier molecular flexibility index (Phi) is 3.55. The number of carbonyl (C=O) groups is 1. The fourth-order valence-corrected chi connectivity index (χ4v) is 2.10. The smallest absolute Gasteiger partial charge is 0.410 e. The number of H-pyrrole nitrogens is 1. The quantitative estimate of drug-likeness (QED) is 0.775. The number of hydrogen-bond donors (Lipinski definition) is 2. The molecule has 0 fully saturated rings. The summed E-state index contributed by atoms with van der Waals surface area (Å²) in [6.07, 6.45) is -0.470. The van der Waals surface area contributed by atoms with Crippen molar-refractivity contribution in [1.82, 2.24) is 15.3 Å². The number of nitrogens with zero attached hydrogens (tertiary/aromatic N) is 1. The maximum Gasteiger partial charge on any atom is 0.412 e. The number of rotatable bonds is 3. The largest absolute Gasteiger partial charge is 0.412 e. The second-order valence-corrected chi connectivity index (χ2v) is 4.73. The lowest BCUT2D eigenvalue weighted by molar-refractivity contribution is 0.200. The fraction of sp³-hybridized carbons (Fsp3) is 0.125. The summed E-state index contributed by atoms with van der Waals surface area (Å²) >= 11 is 0. The normalized spacial score (nSPS) is 10.5. The van der Waals surface area contributed by atoms with Gasteiger partial charge in [-0.2, -0.15) is 0 Å². The highest BCUT2D eigenvalue weighted by Gasteiger charge is 2.05. The number of aromatic nitrogens is 2. The molecule has 0 atom stereocenters. The molecule has 106 valence electrons. The standard InChI is InChI=1S/C16H15N3O2/c1-11-18-14-8-7-12(9-15(14)19-11)10-17-16(20)21-13-5-3-2-4-6-13/h2-9H,10H2,1H3,(H,17,20)(H,18,19). The van der Waals surface area contributed by atoms with Crippen LogP contribution >= 0.6 is 0 Å². The van der Waals surface area contributed by atoms with Gasteiger partial charge in [-0.1, -0.05) is 24.3 Å². The Balaban J connectivity index is 1.62. The van der Waals surface area contributed by atoms with Crippen LogP contribution in [0.3, 0.4) is 0 Å². The summed E-state index contributed by atoms with van der Waals surface area (Å²) in [4.78, 5) is 19.2. The molecule has 0 spiro atoms. The molecule has 0 saturated carbocycles. The summed E-state index contributed by atoms with van der Waals surface area (Å²) in [5, 5.41) is 2.72. The van der Waals surface area contributed by atoms with Crippen molar-refractivity contribution in [2.75, 3.05) is 0 Å². The van der Waals surface area contributed by atoms with Crippen LogP contribution in [0.15, 0.2) is 48.5 Å². The molecular weight excluding hydrogens is 266 g/mol. The van der Waals surface area contributed by atoms with Gasteiger partial charge in [0.2, 0.25) is 0 Å². The minimum absolute atomic E-state index is 0.402. The minimum atomic E-state index is -0.470. The molecule has 5 heteroatoms. The lowest BCUT2D eigenvalue weighted by atomic mass is 10.2. The van der Waals surface area contributed by atoms with E-state index in [2.05, 4.69) is 15.3 Å². The zero-order valence-electron chi connectivity index (χ0n) is 11.6. The highest BCUT2D eigenvalue weighted by molar-refractivity contribution is 5.76. The molecule has 0 bridgehead atoms. The average molecular weight is 281 g/mol. The van der Waals surface area contributed by atoms with Gasteiger partial charge < -0.3 is 15.0 Å². The van der Waals surface area contributed by atoms with Crippen LogP contribution in [0.4, 0.5) is 4.79 Å². The molecule has 1 heterocycles. The van der Waals surface area contributed by atoms with Crippen molar-refractivity contribution in [1.29, 1.82) is 0 Å². The maximum absolute atomic E-state index is 11.7. The van der Waals surface area contributed by atoms with E-state index in [4.69, 9.17) is 4.74 Å². The Morgan fingerprint density at radius 2 is 2.05 bits per heavy atom. The van der Waals surface area contributed by atoms with Gasteiger partial charge in [-0.15, -0.1) is 0 Å². The van der Waals surface area contributed by atoms with Crippen LogP contribution in [-0.2, 0) is 6.54 Å². The van der Waals surface area contributed by atoms with Gasteiger partial charge in [-0.3, -0.25) is 0 Å². The van der Waals surface area contributed by atoms with Gasteiger partial charge in [-0.25, -0.2) is 9.78 Å². The van der Waals surface area contributed by atoms with Crippen molar-refractivity contribution in [2.45, 2.75) is 13.5 Å². The van der Waals surface area contributed by atoms with Gasteiger partial charge in [0.15, 0.2) is 0 Å². The topological polar surface area (TPSA) is 67.0 Å². The Morgan fingerprint density at radius 3 is 2.86 bits per heavy atom. The van der Waals surface area contributed by atoms with E-state index >= 15 is 0 Å². The second kappa shape index (κ2) is 5.66. The zero-order valence-corrected chi connectivity index (χ0v) is 11.6. The van der Waals surface area contributed by atoms with Crippen LogP contribution < -0.4 is 10.1 Å². The van der Waals surface area contributed by atoms with E-state index in [0.29, 0.717) is 12.3 Å². The maximum atomic E-state index is 11.7. The number of aromatic amines is 1. The number of fused-ring (bicyclic) bond motifs is 1. The van der Waals surface area contributed by atoms with Gasteiger partial charge >= 0.3 is 6.09 Å². The summed E-state index contributed by atoms with van der Waals surface area (Å²) in [6, 6.07) is 14.8. The molecule has 0 radical (unpaired) electrons. The molecule has 0 aliphatic carbocycles. The second-order valence-electron chi connectivity index (χ2n) is 4.73. The lowest BCUT2D eigenvalue weighted by Crippen LogP contribution is -2.26. The third kappa shape index (κ3) is 3.20. The van der Waals surface area contributed by atoms with E-state index in [1.807, 2.05) is 43.3 Å². The number of carbonyl (C=O) groups excluding carboxylic acids is 1. The van der Waals surface area contributed by atoms with E-state index < -0.39 is 6.09 Å². The van der Waals surface area contributed by atoms with Crippen molar-refractivity contribution in [2.24, 2.45) is 0 Å². The monoisotopic (exact) mass is 281 g/mol. The molecule has 5 nitrogen and oxygen atoms in total. The highest BCUT2D eigenvalue weighted by atomic mass is 16.5. The van der Waals surface area contributed by atoms with Gasteiger partial charge in [0, 0.05) is 6.54 Å². The van der Waals surface area contributed by atoms with Crippen LogP contribution in [0.25, 0.3) is 11.0 Å². The minimum Gasteiger partial charge on any atom is -0.410 e. The van der Waals surface area contributed by atoms with Crippen molar-refractivity contribution < 1.29 is 9.53 Å². The highest BCUT2D eigenvalue weighted by Crippen LogP contribution is 2.13. The number of imidazole rings is 1. The summed E-state index contributed by atoms with van der Waals surface area (Å²) in [6.45, 7) is 2.31. The summed E-state index contributed by atoms with van der Waals surface area (Å²) < 4.78 is 5.16. The van der Waals surface area contributed by atoms with Gasteiger partial charge in [0.25, 0.3) is 0 Å². The Labute approximate surface area is 122 Å². The SMILES string of the molecule is Cc1nc2ccc(CNC(=O)Oc3ccccc3)cc2[nH]1. The van der Waals surface area contributed by atoms with Crippen LogP contribution in [0, 0.1) is 6.92 Å². The molecule has 1 aromatic heterocycles. The molecule has 2 N–H and O–H groups in total. The summed E-state index contributed by atoms with van der Waals surface area (Å²) in [5.41, 5.74) is 2.86. The van der Waals surface area contributed by atoms with Crippen LogP contribution in [-0.4, -0.2) is 16.1 Å². The molecule has 2 aromatic carbocycles. The predicted octanol–water partition coefficient (Wildman–Crippen LogP) is 3.16. The van der Waals surface area contributed by atoms with Crippen molar-refractivity contribution in [3.05, 3.63) is 59.9 Å². The number of ether oxygens (including phenoxy) is 1. The molecule has 21 heavy (non-hydrogen) atoms. The van der Waals surface area contributed by atoms with E-state index in [0.717, 1.165) is 22.4 Å². The van der Waals surface area contributed by atoms with E-state index in [9.17, 15) is 4.79 Å². The van der Waals surface area contributed by atoms with Crippen LogP contribution in [0.1, 0.15) is 11.4 Å². The number of amides is 1. The first kappa shape index (κ1) is 13.2. The van der Waals surface area contributed by atoms with Crippen LogP contribution in [0.2, 0.25) is 0 Å². The molecule has 0 aliphatic heterocycles. The van der Waals surface area contributed by atoms with E-state index in [-0.39, 0.29) is 0 Å². The third-order valence-corrected chi connectivity index (χ3v) is 3.06. The number of aryl methyl sites for hydroxylation is 1. The number of hydrogen-bond acceptors (Lipinski definition) is 3. The van der Waals surface area contributed by atoms with E-state index in [1.165, 1.54) is 0 Å². The third-order valence-electron chi connectivity index (χ3n) is 3.06. The Bertz CT molecular complexity index is 766. The summed E-state index contributed by atoms with van der Waals surface area (Å²) in [5.74, 6) is 1.40. The molecule has 0 aliphatic rings. The van der Waals surface area contributed by atoms with Crippen molar-refractivity contribution in [3.63, 3.8) is 0 Å². The fourth-order valence-electron chi connectivity index (χ4n) is 2.10. The first-order chi connectivity index (χ1) is 10.2. The molecule has 0 saturated heterocycles. The molecule has 3 rings (SSSR count). The van der Waals surface area contributed by atoms with E-state index in [1.54, 1.807) is 12.1 Å². The molecular formula is C16H15N3O2. The van der Waals surface area contributed by atoms with Gasteiger partial charge in [0.1, 0.15) is 11.6 Å². The lowest BCUT2D eigenvalue weighted by Gasteiger charge is -2.06.